The molecule has 0 bridgehead atoms. The summed E-state index contributed by atoms with van der Waals surface area (Å²) in [5.74, 6) is 0. The molecule has 1 rings (SSSR count). The molecule has 0 aromatic heterocycles. The lowest BCUT2D eigenvalue weighted by atomic mass is 9.95. The minimum absolute atomic E-state index is 0. The Kier molecular flexibility index (Phi) is 5.45. The molecular formula is C7H19B2NO3P-. The van der Waals surface area contributed by atoms with Crippen LogP contribution >= 0.6 is 7.17 Å². The van der Waals surface area contributed by atoms with Crippen LogP contribution in [0.5, 0.6) is 0 Å². The molecule has 0 amide bonds. The molecule has 0 saturated carbocycles. The van der Waals surface area contributed by atoms with Crippen LogP contribution in [-0.2, 0) is 9.30 Å². The maximum Gasteiger partial charge on any atom is 0.109 e. The highest BCUT2D eigenvalue weighted by Crippen LogP contribution is 2.33. The van der Waals surface area contributed by atoms with Crippen molar-refractivity contribution in [3.05, 3.63) is 0 Å². The van der Waals surface area contributed by atoms with Gasteiger partial charge in [0.1, 0.15) is 7.85 Å². The van der Waals surface area contributed by atoms with E-state index in [0.29, 0.717) is 6.42 Å². The summed E-state index contributed by atoms with van der Waals surface area (Å²) in [6.07, 6.45) is 0.344. The van der Waals surface area contributed by atoms with Gasteiger partial charge < -0.3 is 14.4 Å². The molecule has 7 heteroatoms. The van der Waals surface area contributed by atoms with Crippen molar-refractivity contribution in [3.63, 3.8) is 0 Å². The molecule has 1 fully saturated rings. The molecule has 1 unspecified atom stereocenters. The van der Waals surface area contributed by atoms with E-state index in [9.17, 15) is 4.57 Å². The second-order valence-corrected chi connectivity index (χ2v) is 4.12. The number of aliphatic hydroxyl groups excluding tert-OH is 1. The topological polar surface area (TPSA) is 58.6 Å². The summed E-state index contributed by atoms with van der Waals surface area (Å²) in [5, 5.41) is 12.0. The Hall–Kier alpha value is 0.240. The van der Waals surface area contributed by atoms with Gasteiger partial charge in [0.25, 0.3) is 0 Å². The predicted molar refractivity (Wildman–Crippen MR) is 63.2 cm³/mol. The molecule has 2 radical (unpaired) electrons. The zero-order valence-electron chi connectivity index (χ0n) is 6.93. The van der Waals surface area contributed by atoms with E-state index in [4.69, 9.17) is 17.7 Å². The Labute approximate surface area is 88.0 Å². The highest BCUT2D eigenvalue weighted by molar-refractivity contribution is 7.85. The molecule has 1 heterocycles. The van der Waals surface area contributed by atoms with Crippen molar-refractivity contribution in [2.24, 2.45) is 0 Å². The van der Waals surface area contributed by atoms with E-state index >= 15 is 0 Å². The summed E-state index contributed by atoms with van der Waals surface area (Å²) in [6.45, 7) is 1.69. The Bertz CT molecular complexity index is 223. The first-order chi connectivity index (χ1) is 5.92. The lowest BCUT2D eigenvalue weighted by molar-refractivity contribution is 0.0360. The summed E-state index contributed by atoms with van der Waals surface area (Å²) in [6, 6.07) is -0.366. The molecule has 2 N–H and O–H groups in total. The van der Waals surface area contributed by atoms with Crippen LogP contribution in [-0.4, -0.2) is 51.9 Å². The van der Waals surface area contributed by atoms with Crippen molar-refractivity contribution in [2.75, 3.05) is 13.3 Å². The average Bonchev–Trinajstić information content (AvgIpc) is 2.27. The minimum atomic E-state index is -2.04. The number of nitrogens with one attached hydrogen (secondary N) is 1. The van der Waals surface area contributed by atoms with Gasteiger partial charge in [0, 0.05) is 19.6 Å². The second kappa shape index (κ2) is 5.36. The van der Waals surface area contributed by atoms with Gasteiger partial charge in [0.2, 0.25) is 0 Å². The first kappa shape index (κ1) is 14.2. The molecule has 0 aromatic carbocycles. The SMILES string of the molecule is C.[B][C@H]1C[C@@H](NP([BH3-])(C)=O)[C@@H](CO)O1. The highest BCUT2D eigenvalue weighted by atomic mass is 31.2. The lowest BCUT2D eigenvalue weighted by Crippen LogP contribution is -2.36. The number of hydrogen-bond acceptors (Lipinski definition) is 3. The predicted octanol–water partition coefficient (Wildman–Crippen LogP) is -0.955. The van der Waals surface area contributed by atoms with Gasteiger partial charge in [-0.15, -0.1) is 0 Å². The van der Waals surface area contributed by atoms with Gasteiger partial charge in [-0.25, -0.2) is 0 Å². The Morgan fingerprint density at radius 1 is 1.79 bits per heavy atom. The molecule has 1 aliphatic rings. The van der Waals surface area contributed by atoms with Gasteiger partial charge in [-0.3, -0.25) is 5.09 Å². The van der Waals surface area contributed by atoms with E-state index in [1.807, 2.05) is 0 Å². The van der Waals surface area contributed by atoms with E-state index in [0.717, 1.165) is 0 Å². The van der Waals surface area contributed by atoms with Crippen LogP contribution < -0.4 is 5.09 Å². The van der Waals surface area contributed by atoms with Crippen LogP contribution in [0, 0.1) is 0 Å². The normalized spacial score (nSPS) is 36.1. The van der Waals surface area contributed by atoms with Crippen LogP contribution in [0.25, 0.3) is 0 Å². The number of ether oxygens (including phenoxy) is 1. The monoisotopic (exact) mass is 218 g/mol. The summed E-state index contributed by atoms with van der Waals surface area (Å²) in [7, 11) is 3.32. The van der Waals surface area contributed by atoms with Crippen molar-refractivity contribution < 1.29 is 14.4 Å². The number of hydrogen-bond donors (Lipinski definition) is 2. The fourth-order valence-electron chi connectivity index (χ4n) is 1.32. The molecule has 1 aliphatic heterocycles. The van der Waals surface area contributed by atoms with Crippen molar-refractivity contribution >= 4 is 22.6 Å². The maximum absolute atomic E-state index is 11.6. The number of rotatable bonds is 3. The van der Waals surface area contributed by atoms with Crippen LogP contribution in [0.15, 0.2) is 0 Å². The van der Waals surface area contributed by atoms with Gasteiger partial charge in [-0.2, -0.15) is 0 Å². The first-order valence-electron chi connectivity index (χ1n) is 3.82. The second-order valence-electron chi connectivity index (χ2n) is 2.86. The van der Waals surface area contributed by atoms with E-state index in [-0.39, 0.29) is 39.7 Å². The molecule has 82 valence electrons. The summed E-state index contributed by atoms with van der Waals surface area (Å²) in [5.41, 5.74) is 0. The quantitative estimate of drug-likeness (QED) is 0.473. The summed E-state index contributed by atoms with van der Waals surface area (Å²) >= 11 is 0. The zero-order valence-corrected chi connectivity index (χ0v) is 7.83. The molecular weight excluding hydrogens is 199 g/mol. The molecule has 4 nitrogen and oxygen atoms in total. The highest BCUT2D eigenvalue weighted by Gasteiger charge is 2.32. The van der Waals surface area contributed by atoms with Crippen molar-refractivity contribution in [1.82, 2.24) is 5.09 Å². The third-order valence-electron chi connectivity index (χ3n) is 1.81. The largest absolute Gasteiger partial charge is 0.394 e. The Morgan fingerprint density at radius 2 is 2.36 bits per heavy atom. The molecule has 0 aromatic rings. The van der Waals surface area contributed by atoms with E-state index < -0.39 is 7.17 Å². The van der Waals surface area contributed by atoms with Gasteiger partial charge >= 0.3 is 0 Å². The third-order valence-corrected chi connectivity index (χ3v) is 2.51. The van der Waals surface area contributed by atoms with E-state index in [1.54, 1.807) is 6.66 Å². The van der Waals surface area contributed by atoms with Crippen LogP contribution in [0.1, 0.15) is 13.8 Å². The zero-order chi connectivity index (χ0) is 10.1. The third kappa shape index (κ3) is 4.18. The summed E-state index contributed by atoms with van der Waals surface area (Å²) in [4.78, 5) is 0. The lowest BCUT2D eigenvalue weighted by Gasteiger charge is -2.23. The minimum Gasteiger partial charge on any atom is -0.394 e. The Morgan fingerprint density at radius 3 is 2.79 bits per heavy atom. The molecule has 4 atom stereocenters. The van der Waals surface area contributed by atoms with Crippen molar-refractivity contribution in [2.45, 2.75) is 32.0 Å². The smallest absolute Gasteiger partial charge is 0.109 e. The van der Waals surface area contributed by atoms with Gasteiger partial charge in [0.05, 0.1) is 12.7 Å². The van der Waals surface area contributed by atoms with Gasteiger partial charge in [-0.1, -0.05) is 7.43 Å². The van der Waals surface area contributed by atoms with Crippen LogP contribution in [0.3, 0.4) is 0 Å². The van der Waals surface area contributed by atoms with Crippen LogP contribution in [0.4, 0.5) is 0 Å². The first-order valence-corrected chi connectivity index (χ1v) is 5.53. The van der Waals surface area contributed by atoms with E-state index in [2.05, 4.69) is 5.09 Å². The van der Waals surface area contributed by atoms with Crippen LogP contribution in [0.2, 0.25) is 0 Å². The number of aliphatic hydroxyl groups is 1. The van der Waals surface area contributed by atoms with Crippen molar-refractivity contribution in [3.8, 4) is 0 Å². The van der Waals surface area contributed by atoms with E-state index in [1.165, 1.54) is 0 Å². The maximum atomic E-state index is 11.6. The molecule has 0 spiro atoms. The molecule has 1 saturated heterocycles. The average molecular weight is 218 g/mol. The molecule has 14 heavy (non-hydrogen) atoms. The fraction of sp³-hybridized carbons (Fsp3) is 1.00. The molecule has 0 aliphatic carbocycles. The fourth-order valence-corrected chi connectivity index (χ4v) is 2.06. The standard InChI is InChI=1S/C6H15B2NO3P.CH4/c1-13(8,11)9-4-2-6(7)12-5(4)3-10;/h4-6,10H,2-3H2,1,8H3,(H,9,11);1H4/q-1;/t4-,5-,6-,13?;/m1./s1. The Balaban J connectivity index is 0.00000169. The van der Waals surface area contributed by atoms with Gasteiger partial charge in [0.15, 0.2) is 0 Å². The summed E-state index contributed by atoms with van der Waals surface area (Å²) < 4.78 is 16.8. The van der Waals surface area contributed by atoms with Gasteiger partial charge in [-0.05, 0) is 20.3 Å². The van der Waals surface area contributed by atoms with Crippen molar-refractivity contribution in [1.29, 1.82) is 0 Å².